The standard InChI is InChI=1S/C23H23NO2/c1-23(2,3)18-11-9-17(10-12-18)22(25)24-19-13-15-21(16-14-19)26-20-7-5-4-6-8-20/h4-16H,1-3H3,(H,24,25). The quantitative estimate of drug-likeness (QED) is 0.627. The lowest BCUT2D eigenvalue weighted by Crippen LogP contribution is -2.14. The first-order valence-electron chi connectivity index (χ1n) is 8.67. The highest BCUT2D eigenvalue weighted by Gasteiger charge is 2.14. The number of benzene rings is 3. The highest BCUT2D eigenvalue weighted by Crippen LogP contribution is 2.24. The molecule has 0 aliphatic rings. The molecule has 0 spiro atoms. The Morgan fingerprint density at radius 1 is 0.769 bits per heavy atom. The smallest absolute Gasteiger partial charge is 0.255 e. The lowest BCUT2D eigenvalue weighted by Gasteiger charge is -2.19. The van der Waals surface area contributed by atoms with Crippen molar-refractivity contribution in [1.29, 1.82) is 0 Å². The van der Waals surface area contributed by atoms with Crippen molar-refractivity contribution in [2.45, 2.75) is 26.2 Å². The minimum Gasteiger partial charge on any atom is -0.457 e. The van der Waals surface area contributed by atoms with E-state index in [0.29, 0.717) is 5.56 Å². The summed E-state index contributed by atoms with van der Waals surface area (Å²) in [4.78, 5) is 12.4. The minimum atomic E-state index is -0.123. The molecule has 0 aliphatic heterocycles. The van der Waals surface area contributed by atoms with Gasteiger partial charge in [-0.1, -0.05) is 51.1 Å². The summed E-state index contributed by atoms with van der Waals surface area (Å²) in [6.07, 6.45) is 0. The average molecular weight is 345 g/mol. The molecule has 0 fully saturated rings. The Morgan fingerprint density at radius 3 is 1.92 bits per heavy atom. The minimum absolute atomic E-state index is 0.0730. The van der Waals surface area contributed by atoms with Crippen LogP contribution in [0.3, 0.4) is 0 Å². The first-order chi connectivity index (χ1) is 12.4. The van der Waals surface area contributed by atoms with Crippen LogP contribution in [0.2, 0.25) is 0 Å². The van der Waals surface area contributed by atoms with Crippen molar-refractivity contribution in [3.05, 3.63) is 90.0 Å². The predicted octanol–water partition coefficient (Wildman–Crippen LogP) is 6.03. The molecule has 0 bridgehead atoms. The Bertz CT molecular complexity index is 861. The molecule has 1 N–H and O–H groups in total. The molecule has 26 heavy (non-hydrogen) atoms. The van der Waals surface area contributed by atoms with Gasteiger partial charge in [-0.2, -0.15) is 0 Å². The highest BCUT2D eigenvalue weighted by molar-refractivity contribution is 6.04. The molecule has 3 nitrogen and oxygen atoms in total. The molecule has 3 heteroatoms. The van der Waals surface area contributed by atoms with E-state index < -0.39 is 0 Å². The maximum Gasteiger partial charge on any atom is 0.255 e. The lowest BCUT2D eigenvalue weighted by molar-refractivity contribution is 0.102. The molecule has 0 aliphatic carbocycles. The molecule has 0 radical (unpaired) electrons. The van der Waals surface area contributed by atoms with Crippen LogP contribution in [0.25, 0.3) is 0 Å². The van der Waals surface area contributed by atoms with E-state index >= 15 is 0 Å². The fourth-order valence-electron chi connectivity index (χ4n) is 2.56. The van der Waals surface area contributed by atoms with E-state index in [1.165, 1.54) is 5.56 Å². The third kappa shape index (κ3) is 4.51. The number of hydrogen-bond donors (Lipinski definition) is 1. The van der Waals surface area contributed by atoms with Crippen LogP contribution >= 0.6 is 0 Å². The van der Waals surface area contributed by atoms with Gasteiger partial charge in [-0.25, -0.2) is 0 Å². The Kier molecular flexibility index (Phi) is 5.08. The van der Waals surface area contributed by atoms with Gasteiger partial charge in [0.05, 0.1) is 0 Å². The largest absolute Gasteiger partial charge is 0.457 e. The van der Waals surface area contributed by atoms with E-state index in [4.69, 9.17) is 4.74 Å². The van der Waals surface area contributed by atoms with Crippen LogP contribution < -0.4 is 10.1 Å². The number of ether oxygens (including phenoxy) is 1. The molecule has 1 amide bonds. The molecular weight excluding hydrogens is 322 g/mol. The monoisotopic (exact) mass is 345 g/mol. The third-order valence-electron chi connectivity index (χ3n) is 4.10. The second-order valence-electron chi connectivity index (χ2n) is 7.22. The molecular formula is C23H23NO2. The van der Waals surface area contributed by atoms with Crippen LogP contribution in [0.4, 0.5) is 5.69 Å². The summed E-state index contributed by atoms with van der Waals surface area (Å²) in [5.41, 5.74) is 2.65. The van der Waals surface area contributed by atoms with Crippen LogP contribution in [0.5, 0.6) is 11.5 Å². The second kappa shape index (κ2) is 7.44. The van der Waals surface area contributed by atoms with Crippen LogP contribution in [0.15, 0.2) is 78.9 Å². The fraction of sp³-hybridized carbons (Fsp3) is 0.174. The highest BCUT2D eigenvalue weighted by atomic mass is 16.5. The van der Waals surface area contributed by atoms with Crippen molar-refractivity contribution in [3.8, 4) is 11.5 Å². The SMILES string of the molecule is CC(C)(C)c1ccc(C(=O)Nc2ccc(Oc3ccccc3)cc2)cc1. The third-order valence-corrected chi connectivity index (χ3v) is 4.10. The number of carbonyl (C=O) groups excluding carboxylic acids is 1. The van der Waals surface area contributed by atoms with Crippen molar-refractivity contribution >= 4 is 11.6 Å². The normalized spacial score (nSPS) is 11.0. The van der Waals surface area contributed by atoms with E-state index in [-0.39, 0.29) is 11.3 Å². The Labute approximate surface area is 154 Å². The predicted molar refractivity (Wildman–Crippen MR) is 106 cm³/mol. The van der Waals surface area contributed by atoms with Gasteiger partial charge in [-0.05, 0) is 59.5 Å². The summed E-state index contributed by atoms with van der Waals surface area (Å²) >= 11 is 0. The lowest BCUT2D eigenvalue weighted by atomic mass is 9.87. The van der Waals surface area contributed by atoms with Crippen molar-refractivity contribution in [2.24, 2.45) is 0 Å². The number of nitrogens with one attached hydrogen (secondary N) is 1. The zero-order valence-electron chi connectivity index (χ0n) is 15.3. The summed E-state index contributed by atoms with van der Waals surface area (Å²) in [6, 6.07) is 24.7. The summed E-state index contributed by atoms with van der Waals surface area (Å²) < 4.78 is 5.76. The molecule has 0 unspecified atom stereocenters. The number of amides is 1. The fourth-order valence-corrected chi connectivity index (χ4v) is 2.56. The van der Waals surface area contributed by atoms with Gasteiger partial charge in [0.25, 0.3) is 5.91 Å². The van der Waals surface area contributed by atoms with Gasteiger partial charge in [0.1, 0.15) is 11.5 Å². The van der Waals surface area contributed by atoms with Crippen LogP contribution in [0, 0.1) is 0 Å². The van der Waals surface area contributed by atoms with Gasteiger partial charge >= 0.3 is 0 Å². The zero-order chi connectivity index (χ0) is 18.6. The van der Waals surface area contributed by atoms with Gasteiger partial charge < -0.3 is 10.1 Å². The van der Waals surface area contributed by atoms with E-state index in [2.05, 4.69) is 26.1 Å². The van der Waals surface area contributed by atoms with Gasteiger partial charge in [0.15, 0.2) is 0 Å². The molecule has 0 heterocycles. The van der Waals surface area contributed by atoms with Crippen LogP contribution in [0.1, 0.15) is 36.7 Å². The van der Waals surface area contributed by atoms with E-state index in [1.54, 1.807) is 0 Å². The second-order valence-corrected chi connectivity index (χ2v) is 7.22. The number of anilines is 1. The van der Waals surface area contributed by atoms with E-state index in [0.717, 1.165) is 17.2 Å². The summed E-state index contributed by atoms with van der Waals surface area (Å²) in [5, 5.41) is 2.91. The van der Waals surface area contributed by atoms with Gasteiger partial charge in [-0.15, -0.1) is 0 Å². The van der Waals surface area contributed by atoms with E-state index in [9.17, 15) is 4.79 Å². The van der Waals surface area contributed by atoms with Gasteiger partial charge in [-0.3, -0.25) is 4.79 Å². The molecule has 132 valence electrons. The number of rotatable bonds is 4. The molecule has 0 saturated heterocycles. The number of hydrogen-bond acceptors (Lipinski definition) is 2. The van der Waals surface area contributed by atoms with E-state index in [1.807, 2.05) is 78.9 Å². The summed E-state index contributed by atoms with van der Waals surface area (Å²) in [5.74, 6) is 1.38. The van der Waals surface area contributed by atoms with Crippen LogP contribution in [-0.4, -0.2) is 5.91 Å². The first-order valence-corrected chi connectivity index (χ1v) is 8.67. The Hall–Kier alpha value is -3.07. The molecule has 0 saturated carbocycles. The number of carbonyl (C=O) groups is 1. The van der Waals surface area contributed by atoms with Crippen LogP contribution in [-0.2, 0) is 5.41 Å². The van der Waals surface area contributed by atoms with Crippen molar-refractivity contribution in [1.82, 2.24) is 0 Å². The van der Waals surface area contributed by atoms with Crippen molar-refractivity contribution in [2.75, 3.05) is 5.32 Å². The Morgan fingerprint density at radius 2 is 1.35 bits per heavy atom. The Balaban J connectivity index is 1.64. The average Bonchev–Trinajstić information content (AvgIpc) is 2.63. The molecule has 3 rings (SSSR count). The van der Waals surface area contributed by atoms with Crippen molar-refractivity contribution in [3.63, 3.8) is 0 Å². The summed E-state index contributed by atoms with van der Waals surface area (Å²) in [6.45, 7) is 6.46. The van der Waals surface area contributed by atoms with Crippen molar-refractivity contribution < 1.29 is 9.53 Å². The zero-order valence-corrected chi connectivity index (χ0v) is 15.3. The molecule has 0 aromatic heterocycles. The topological polar surface area (TPSA) is 38.3 Å². The molecule has 3 aromatic carbocycles. The van der Waals surface area contributed by atoms with Gasteiger partial charge in [0, 0.05) is 11.3 Å². The molecule has 0 atom stereocenters. The molecule has 3 aromatic rings. The van der Waals surface area contributed by atoms with Gasteiger partial charge in [0.2, 0.25) is 0 Å². The number of para-hydroxylation sites is 1. The maximum absolute atomic E-state index is 12.4. The summed E-state index contributed by atoms with van der Waals surface area (Å²) in [7, 11) is 0. The first kappa shape index (κ1) is 17.7. The maximum atomic E-state index is 12.4.